The number of rotatable bonds is 7. The Bertz CT molecular complexity index is 1140. The van der Waals surface area contributed by atoms with E-state index in [-0.39, 0.29) is 11.5 Å². The molecule has 1 aliphatic heterocycles. The van der Waals surface area contributed by atoms with E-state index in [4.69, 9.17) is 5.73 Å². The van der Waals surface area contributed by atoms with Gasteiger partial charge in [0.1, 0.15) is 5.52 Å². The predicted molar refractivity (Wildman–Crippen MR) is 123 cm³/mol. The lowest BCUT2D eigenvalue weighted by molar-refractivity contribution is -0.130. The van der Waals surface area contributed by atoms with E-state index < -0.39 is 0 Å². The van der Waals surface area contributed by atoms with Crippen molar-refractivity contribution >= 4 is 27.7 Å². The number of fused-ring (bicyclic) bond motifs is 3. The molecular formula is C23H32N6O2. The van der Waals surface area contributed by atoms with Crippen molar-refractivity contribution in [1.29, 1.82) is 0 Å². The van der Waals surface area contributed by atoms with Gasteiger partial charge in [-0.15, -0.1) is 0 Å². The first-order valence-corrected chi connectivity index (χ1v) is 11.2. The van der Waals surface area contributed by atoms with E-state index in [1.54, 1.807) is 6.92 Å². The molecule has 0 atom stereocenters. The van der Waals surface area contributed by atoms with Crippen LogP contribution in [0.1, 0.15) is 31.0 Å². The SMILES string of the molecule is CC(=O)N1CCN(CCCc2ccc3c(c2)c2n[nH]c(C)c2c(=O)n3CCCN)CC1. The molecule has 0 bridgehead atoms. The van der Waals surface area contributed by atoms with Crippen LogP contribution in [-0.4, -0.2) is 69.7 Å². The van der Waals surface area contributed by atoms with Crippen LogP contribution in [0.4, 0.5) is 0 Å². The Morgan fingerprint density at radius 1 is 1.16 bits per heavy atom. The van der Waals surface area contributed by atoms with E-state index in [1.165, 1.54) is 5.56 Å². The maximum absolute atomic E-state index is 13.1. The number of aromatic amines is 1. The Hall–Kier alpha value is -2.71. The minimum Gasteiger partial charge on any atom is -0.340 e. The second-order valence-corrected chi connectivity index (χ2v) is 8.47. The number of aromatic nitrogens is 3. The molecule has 8 nitrogen and oxygen atoms in total. The minimum absolute atomic E-state index is 0.000321. The van der Waals surface area contributed by atoms with E-state index in [0.717, 1.165) is 74.1 Å². The molecule has 3 heterocycles. The summed E-state index contributed by atoms with van der Waals surface area (Å²) in [5, 5.41) is 9.12. The fraction of sp³-hybridized carbons (Fsp3) is 0.522. The van der Waals surface area contributed by atoms with Crippen LogP contribution in [0.3, 0.4) is 0 Å². The van der Waals surface area contributed by atoms with Crippen molar-refractivity contribution in [1.82, 2.24) is 24.6 Å². The van der Waals surface area contributed by atoms with Crippen LogP contribution in [0.5, 0.6) is 0 Å². The van der Waals surface area contributed by atoms with Crippen LogP contribution in [0, 0.1) is 6.92 Å². The molecule has 3 N–H and O–H groups in total. The lowest BCUT2D eigenvalue weighted by Crippen LogP contribution is -2.48. The monoisotopic (exact) mass is 424 g/mol. The number of H-pyrrole nitrogens is 1. The van der Waals surface area contributed by atoms with Gasteiger partial charge in [0.05, 0.1) is 10.9 Å². The summed E-state index contributed by atoms with van der Waals surface area (Å²) in [7, 11) is 0. The highest BCUT2D eigenvalue weighted by Crippen LogP contribution is 2.25. The zero-order chi connectivity index (χ0) is 22.0. The summed E-state index contributed by atoms with van der Waals surface area (Å²) in [6.45, 7) is 9.25. The number of piperazine rings is 1. The van der Waals surface area contributed by atoms with Gasteiger partial charge in [0.2, 0.25) is 5.91 Å². The van der Waals surface area contributed by atoms with E-state index in [2.05, 4.69) is 33.3 Å². The van der Waals surface area contributed by atoms with Crippen molar-refractivity contribution in [3.63, 3.8) is 0 Å². The van der Waals surface area contributed by atoms with Gasteiger partial charge >= 0.3 is 0 Å². The fourth-order valence-corrected chi connectivity index (χ4v) is 4.56. The maximum Gasteiger partial charge on any atom is 0.262 e. The topological polar surface area (TPSA) is 100 Å². The summed E-state index contributed by atoms with van der Waals surface area (Å²) in [4.78, 5) is 28.9. The number of carbonyl (C=O) groups excluding carboxylic acids is 1. The summed E-state index contributed by atoms with van der Waals surface area (Å²) >= 11 is 0. The fourth-order valence-electron chi connectivity index (χ4n) is 4.56. The molecule has 166 valence electrons. The van der Waals surface area contributed by atoms with Crippen LogP contribution in [0.2, 0.25) is 0 Å². The molecule has 3 aromatic rings. The molecule has 0 aliphatic carbocycles. The number of amides is 1. The standard InChI is InChI=1S/C23H32N6O2/c1-16-21-22(26-25-16)19-15-18(6-7-20(19)29(23(21)31)10-4-8-24)5-3-9-27-11-13-28(14-12-27)17(2)30/h6-7,15H,3-5,8-14,24H2,1-2H3,(H,25,26). The van der Waals surface area contributed by atoms with Crippen molar-refractivity contribution in [2.45, 2.75) is 39.7 Å². The summed E-state index contributed by atoms with van der Waals surface area (Å²) in [5.41, 5.74) is 9.42. The third kappa shape index (κ3) is 4.36. The van der Waals surface area contributed by atoms with Crippen molar-refractivity contribution in [2.24, 2.45) is 5.73 Å². The molecule has 0 spiro atoms. The lowest BCUT2D eigenvalue weighted by atomic mass is 10.0. The molecule has 0 saturated carbocycles. The molecule has 0 radical (unpaired) electrons. The third-order valence-corrected chi connectivity index (χ3v) is 6.36. The second kappa shape index (κ2) is 9.20. The number of nitrogens with two attached hydrogens (primary N) is 1. The van der Waals surface area contributed by atoms with E-state index >= 15 is 0 Å². The average Bonchev–Trinajstić information content (AvgIpc) is 3.16. The van der Waals surface area contributed by atoms with Gasteiger partial charge in [0.15, 0.2) is 0 Å². The summed E-state index contributed by atoms with van der Waals surface area (Å²) in [6.07, 6.45) is 2.78. The molecule has 2 aromatic heterocycles. The van der Waals surface area contributed by atoms with Crippen LogP contribution < -0.4 is 11.3 Å². The summed E-state index contributed by atoms with van der Waals surface area (Å²) in [6, 6.07) is 6.36. The zero-order valence-corrected chi connectivity index (χ0v) is 18.5. The van der Waals surface area contributed by atoms with Gasteiger partial charge in [-0.3, -0.25) is 19.6 Å². The number of carbonyl (C=O) groups is 1. The Balaban J connectivity index is 1.52. The number of benzene rings is 1. The van der Waals surface area contributed by atoms with Gasteiger partial charge in [0, 0.05) is 50.7 Å². The highest BCUT2D eigenvalue weighted by Gasteiger charge is 2.18. The number of nitrogens with one attached hydrogen (secondary N) is 1. The van der Waals surface area contributed by atoms with Crippen molar-refractivity contribution in [2.75, 3.05) is 39.3 Å². The quantitative estimate of drug-likeness (QED) is 0.600. The van der Waals surface area contributed by atoms with E-state index in [0.29, 0.717) is 18.5 Å². The molecule has 1 aromatic carbocycles. The molecule has 1 amide bonds. The number of hydrogen-bond donors (Lipinski definition) is 2. The smallest absolute Gasteiger partial charge is 0.262 e. The molecular weight excluding hydrogens is 392 g/mol. The Morgan fingerprint density at radius 2 is 1.94 bits per heavy atom. The van der Waals surface area contributed by atoms with Gasteiger partial charge < -0.3 is 15.2 Å². The first-order valence-electron chi connectivity index (χ1n) is 11.2. The highest BCUT2D eigenvalue weighted by atomic mass is 16.2. The number of nitrogens with zero attached hydrogens (tertiary/aromatic N) is 4. The first kappa shape index (κ1) is 21.5. The molecule has 4 rings (SSSR count). The lowest BCUT2D eigenvalue weighted by Gasteiger charge is -2.34. The van der Waals surface area contributed by atoms with Crippen molar-refractivity contribution in [3.8, 4) is 0 Å². The Labute approximate surface area is 182 Å². The second-order valence-electron chi connectivity index (χ2n) is 8.47. The van der Waals surface area contributed by atoms with Gasteiger partial charge in [0.25, 0.3) is 5.56 Å². The normalized spacial score (nSPS) is 15.3. The number of hydrogen-bond acceptors (Lipinski definition) is 5. The zero-order valence-electron chi connectivity index (χ0n) is 18.5. The molecule has 1 aliphatic rings. The number of pyridine rings is 1. The Morgan fingerprint density at radius 3 is 2.65 bits per heavy atom. The molecule has 0 unspecified atom stereocenters. The average molecular weight is 425 g/mol. The summed E-state index contributed by atoms with van der Waals surface area (Å²) in [5.74, 6) is 0.167. The largest absolute Gasteiger partial charge is 0.340 e. The summed E-state index contributed by atoms with van der Waals surface area (Å²) < 4.78 is 1.84. The van der Waals surface area contributed by atoms with Crippen LogP contribution in [-0.2, 0) is 17.8 Å². The molecule has 8 heteroatoms. The van der Waals surface area contributed by atoms with Gasteiger partial charge in [-0.1, -0.05) is 6.07 Å². The first-order chi connectivity index (χ1) is 15.0. The van der Waals surface area contributed by atoms with Crippen molar-refractivity contribution in [3.05, 3.63) is 39.8 Å². The minimum atomic E-state index is -0.000321. The van der Waals surface area contributed by atoms with Gasteiger partial charge in [-0.25, -0.2) is 0 Å². The van der Waals surface area contributed by atoms with Crippen LogP contribution >= 0.6 is 0 Å². The van der Waals surface area contributed by atoms with E-state index in [9.17, 15) is 9.59 Å². The van der Waals surface area contributed by atoms with Crippen molar-refractivity contribution < 1.29 is 4.79 Å². The molecule has 31 heavy (non-hydrogen) atoms. The Kier molecular flexibility index (Phi) is 6.38. The van der Waals surface area contributed by atoms with Gasteiger partial charge in [-0.2, -0.15) is 5.10 Å². The van der Waals surface area contributed by atoms with Crippen LogP contribution in [0.25, 0.3) is 21.8 Å². The number of aryl methyl sites for hydroxylation is 3. The highest BCUT2D eigenvalue weighted by molar-refractivity contribution is 6.04. The maximum atomic E-state index is 13.1. The van der Waals surface area contributed by atoms with Crippen LogP contribution in [0.15, 0.2) is 23.0 Å². The predicted octanol–water partition coefficient (Wildman–Crippen LogP) is 1.63. The van der Waals surface area contributed by atoms with E-state index in [1.807, 2.05) is 16.4 Å². The molecule has 1 fully saturated rings. The third-order valence-electron chi connectivity index (χ3n) is 6.36. The van der Waals surface area contributed by atoms with Gasteiger partial charge in [-0.05, 0) is 57.0 Å². The molecule has 1 saturated heterocycles.